The van der Waals surface area contributed by atoms with Crippen molar-refractivity contribution in [1.82, 2.24) is 0 Å². The average molecular weight is 231 g/mol. The number of nitrogens with two attached hydrogens (primary N) is 1. The second-order valence-electron chi connectivity index (χ2n) is 4.57. The van der Waals surface area contributed by atoms with Crippen LogP contribution >= 0.6 is 0 Å². The molecular formula is C12H25NO3. The first kappa shape index (κ1) is 15.4. The molecule has 0 aromatic carbocycles. The Labute approximate surface area is 98.2 Å². The lowest BCUT2D eigenvalue weighted by molar-refractivity contribution is -0.138. The van der Waals surface area contributed by atoms with Gasteiger partial charge in [-0.05, 0) is 20.3 Å². The second-order valence-corrected chi connectivity index (χ2v) is 4.57. The third kappa shape index (κ3) is 4.94. The van der Waals surface area contributed by atoms with Gasteiger partial charge in [-0.15, -0.1) is 0 Å². The molecule has 3 N–H and O–H groups in total. The van der Waals surface area contributed by atoms with Crippen molar-refractivity contribution in [2.24, 2.45) is 11.1 Å². The van der Waals surface area contributed by atoms with E-state index in [9.17, 15) is 9.90 Å². The smallest absolute Gasteiger partial charge is 0.228 e. The van der Waals surface area contributed by atoms with E-state index in [1.807, 2.05) is 0 Å². The minimum Gasteiger partial charge on any atom is -0.392 e. The topological polar surface area (TPSA) is 72.5 Å². The summed E-state index contributed by atoms with van der Waals surface area (Å²) >= 11 is 0. The van der Waals surface area contributed by atoms with Crippen molar-refractivity contribution in [2.45, 2.75) is 52.6 Å². The highest BCUT2D eigenvalue weighted by Crippen LogP contribution is 2.21. The number of carbonyl (C=O) groups is 1. The number of carbonyl (C=O) groups excluding carboxylic acids is 1. The van der Waals surface area contributed by atoms with Gasteiger partial charge in [0.15, 0.2) is 0 Å². The van der Waals surface area contributed by atoms with Crippen molar-refractivity contribution in [2.75, 3.05) is 13.2 Å². The average Bonchev–Trinajstić information content (AvgIpc) is 2.22. The highest BCUT2D eigenvalue weighted by molar-refractivity contribution is 5.81. The van der Waals surface area contributed by atoms with Crippen LogP contribution < -0.4 is 5.73 Å². The molecule has 0 aromatic rings. The van der Waals surface area contributed by atoms with Crippen LogP contribution in [0.1, 0.15) is 46.5 Å². The van der Waals surface area contributed by atoms with E-state index in [4.69, 9.17) is 10.5 Å². The Morgan fingerprint density at radius 2 is 2.06 bits per heavy atom. The van der Waals surface area contributed by atoms with E-state index in [2.05, 4.69) is 6.92 Å². The van der Waals surface area contributed by atoms with Crippen LogP contribution in [0, 0.1) is 5.41 Å². The van der Waals surface area contributed by atoms with E-state index in [1.54, 1.807) is 13.8 Å². The van der Waals surface area contributed by atoms with E-state index >= 15 is 0 Å². The second kappa shape index (κ2) is 7.63. The zero-order chi connectivity index (χ0) is 12.6. The molecule has 0 aliphatic heterocycles. The van der Waals surface area contributed by atoms with Crippen LogP contribution in [0.5, 0.6) is 0 Å². The highest BCUT2D eigenvalue weighted by atomic mass is 16.5. The van der Waals surface area contributed by atoms with Gasteiger partial charge in [0.25, 0.3) is 0 Å². The van der Waals surface area contributed by atoms with Crippen LogP contribution in [0.3, 0.4) is 0 Å². The third-order valence-corrected chi connectivity index (χ3v) is 3.03. The zero-order valence-electron chi connectivity index (χ0n) is 10.7. The summed E-state index contributed by atoms with van der Waals surface area (Å²) in [5, 5.41) is 9.50. The minimum atomic E-state index is -0.981. The van der Waals surface area contributed by atoms with Crippen LogP contribution in [-0.4, -0.2) is 30.3 Å². The molecule has 16 heavy (non-hydrogen) atoms. The van der Waals surface area contributed by atoms with Gasteiger partial charge in [0.1, 0.15) is 0 Å². The largest absolute Gasteiger partial charge is 0.392 e. The summed E-state index contributed by atoms with van der Waals surface area (Å²) in [5.74, 6) is -0.518. The predicted octanol–water partition coefficient (Wildman–Crippen LogP) is 1.46. The Bertz CT molecular complexity index is 206. The number of hydrogen-bond donors (Lipinski definition) is 2. The monoisotopic (exact) mass is 231 g/mol. The van der Waals surface area contributed by atoms with Crippen LogP contribution in [0.15, 0.2) is 0 Å². The summed E-state index contributed by atoms with van der Waals surface area (Å²) < 4.78 is 5.41. The molecule has 0 heterocycles. The van der Waals surface area contributed by atoms with Gasteiger partial charge in [-0.25, -0.2) is 0 Å². The fourth-order valence-corrected chi connectivity index (χ4v) is 1.31. The van der Waals surface area contributed by atoms with Crippen molar-refractivity contribution in [3.05, 3.63) is 0 Å². The van der Waals surface area contributed by atoms with Crippen LogP contribution in [-0.2, 0) is 9.53 Å². The summed E-state index contributed by atoms with van der Waals surface area (Å²) in [7, 11) is 0. The molecule has 0 aliphatic carbocycles. The lowest BCUT2D eigenvalue weighted by atomic mass is 9.85. The molecule has 4 nitrogen and oxygen atoms in total. The van der Waals surface area contributed by atoms with Gasteiger partial charge in [-0.1, -0.05) is 26.2 Å². The molecule has 4 heteroatoms. The normalized spacial score (nSPS) is 16.8. The van der Waals surface area contributed by atoms with Gasteiger partial charge >= 0.3 is 0 Å². The maximum absolute atomic E-state index is 11.2. The first-order valence-corrected chi connectivity index (χ1v) is 6.01. The Hall–Kier alpha value is -0.610. The van der Waals surface area contributed by atoms with Gasteiger partial charge in [0.05, 0.1) is 18.1 Å². The van der Waals surface area contributed by atoms with E-state index < -0.39 is 17.4 Å². The molecule has 0 bridgehead atoms. The van der Waals surface area contributed by atoms with Crippen molar-refractivity contribution >= 4 is 5.91 Å². The van der Waals surface area contributed by atoms with Gasteiger partial charge in [-0.2, -0.15) is 0 Å². The van der Waals surface area contributed by atoms with Crippen molar-refractivity contribution in [3.8, 4) is 0 Å². The Morgan fingerprint density at radius 1 is 1.44 bits per heavy atom. The van der Waals surface area contributed by atoms with Gasteiger partial charge in [-0.3, -0.25) is 4.79 Å². The van der Waals surface area contributed by atoms with Crippen molar-refractivity contribution < 1.29 is 14.6 Å². The first-order chi connectivity index (χ1) is 7.45. The molecular weight excluding hydrogens is 206 g/mol. The number of aliphatic hydroxyl groups excluding tert-OH is 1. The fourth-order valence-electron chi connectivity index (χ4n) is 1.31. The summed E-state index contributed by atoms with van der Waals surface area (Å²) in [6, 6.07) is 0. The number of unbranched alkanes of at least 4 members (excludes halogenated alkanes) is 3. The molecule has 96 valence electrons. The number of hydrogen-bond acceptors (Lipinski definition) is 3. The van der Waals surface area contributed by atoms with Gasteiger partial charge in [0, 0.05) is 6.61 Å². The molecule has 1 amide bonds. The Morgan fingerprint density at radius 3 is 2.50 bits per heavy atom. The third-order valence-electron chi connectivity index (χ3n) is 3.03. The molecule has 0 rings (SSSR count). The number of aliphatic hydroxyl groups is 1. The molecule has 2 atom stereocenters. The predicted molar refractivity (Wildman–Crippen MR) is 63.9 cm³/mol. The highest BCUT2D eigenvalue weighted by Gasteiger charge is 2.36. The Balaban J connectivity index is 3.83. The van der Waals surface area contributed by atoms with Gasteiger partial charge in [0.2, 0.25) is 5.91 Å². The molecule has 0 saturated heterocycles. The number of amides is 1. The van der Waals surface area contributed by atoms with E-state index in [1.165, 1.54) is 12.8 Å². The molecule has 0 aliphatic rings. The molecule has 0 aromatic heterocycles. The summed E-state index contributed by atoms with van der Waals surface area (Å²) in [5.41, 5.74) is 4.27. The first-order valence-electron chi connectivity index (χ1n) is 6.01. The molecule has 0 saturated carbocycles. The van der Waals surface area contributed by atoms with Crippen molar-refractivity contribution in [3.63, 3.8) is 0 Å². The fraction of sp³-hybridized carbons (Fsp3) is 0.917. The molecule has 0 spiro atoms. The molecule has 0 radical (unpaired) electrons. The lowest BCUT2D eigenvalue weighted by Crippen LogP contribution is -2.46. The summed E-state index contributed by atoms with van der Waals surface area (Å²) in [6.45, 7) is 6.15. The number of rotatable bonds is 9. The van der Waals surface area contributed by atoms with Crippen LogP contribution in [0.2, 0.25) is 0 Å². The summed E-state index contributed by atoms with van der Waals surface area (Å²) in [6.07, 6.45) is 3.72. The standard InChI is InChI=1S/C12H25NO3/c1-4-5-6-7-8-16-9-12(3,10(2)14)11(13)15/h10,14H,4-9H2,1-3H3,(H2,13,15). The SMILES string of the molecule is CCCCCCOCC(C)(C(N)=O)C(C)O. The maximum atomic E-state index is 11.2. The van der Waals surface area contributed by atoms with Crippen LogP contribution in [0.25, 0.3) is 0 Å². The quantitative estimate of drug-likeness (QED) is 0.590. The van der Waals surface area contributed by atoms with E-state index in [-0.39, 0.29) is 6.61 Å². The summed E-state index contributed by atoms with van der Waals surface area (Å²) in [4.78, 5) is 11.2. The van der Waals surface area contributed by atoms with Crippen LogP contribution in [0.4, 0.5) is 0 Å². The Kier molecular flexibility index (Phi) is 7.34. The number of ether oxygens (including phenoxy) is 1. The van der Waals surface area contributed by atoms with Gasteiger partial charge < -0.3 is 15.6 Å². The zero-order valence-corrected chi connectivity index (χ0v) is 10.7. The van der Waals surface area contributed by atoms with E-state index in [0.29, 0.717) is 6.61 Å². The van der Waals surface area contributed by atoms with E-state index in [0.717, 1.165) is 12.8 Å². The molecule has 0 fully saturated rings. The minimum absolute atomic E-state index is 0.187. The maximum Gasteiger partial charge on any atom is 0.228 e. The number of primary amides is 1. The van der Waals surface area contributed by atoms with Crippen molar-refractivity contribution in [1.29, 1.82) is 0 Å². The lowest BCUT2D eigenvalue weighted by Gasteiger charge is -2.28. The molecule has 2 unspecified atom stereocenters.